The van der Waals surface area contributed by atoms with E-state index in [0.29, 0.717) is 6.42 Å². The second-order valence-corrected chi connectivity index (χ2v) is 7.73. The van der Waals surface area contributed by atoms with E-state index < -0.39 is 0 Å². The van der Waals surface area contributed by atoms with Crippen molar-refractivity contribution in [3.63, 3.8) is 0 Å². The molecule has 1 fully saturated rings. The first-order valence-electron chi connectivity index (χ1n) is 8.74. The Balaban J connectivity index is 1.63. The summed E-state index contributed by atoms with van der Waals surface area (Å²) < 4.78 is 1.93. The van der Waals surface area contributed by atoms with Gasteiger partial charge in [-0.2, -0.15) is 16.9 Å². The van der Waals surface area contributed by atoms with E-state index in [1.807, 2.05) is 46.3 Å². The highest BCUT2D eigenvalue weighted by atomic mass is 32.2. The minimum Gasteiger partial charge on any atom is -0.341 e. The van der Waals surface area contributed by atoms with E-state index in [1.165, 1.54) is 0 Å². The highest BCUT2D eigenvalue weighted by Crippen LogP contribution is 2.23. The van der Waals surface area contributed by atoms with Crippen LogP contribution in [0.3, 0.4) is 0 Å². The van der Waals surface area contributed by atoms with Crippen LogP contribution in [-0.4, -0.2) is 50.0 Å². The Hall–Kier alpha value is -2.08. The van der Waals surface area contributed by atoms with E-state index in [0.717, 1.165) is 64.5 Å². The molecule has 2 aromatic heterocycles. The summed E-state index contributed by atoms with van der Waals surface area (Å²) in [4.78, 5) is 19.3. The van der Waals surface area contributed by atoms with Gasteiger partial charge >= 0.3 is 0 Å². The number of aromatic nitrogens is 3. The first kappa shape index (κ1) is 16.4. The number of amides is 1. The quantitative estimate of drug-likeness (QED) is 0.725. The maximum atomic E-state index is 12.5. The minimum atomic E-state index is 0.254. The summed E-state index contributed by atoms with van der Waals surface area (Å²) in [6.45, 7) is 5.86. The predicted octanol–water partition coefficient (Wildman–Crippen LogP) is 3.01. The van der Waals surface area contributed by atoms with Gasteiger partial charge in [-0.15, -0.1) is 0 Å². The number of carbonyl (C=O) groups is 1. The molecule has 25 heavy (non-hydrogen) atoms. The maximum Gasteiger partial charge on any atom is 0.222 e. The summed E-state index contributed by atoms with van der Waals surface area (Å²) in [7, 11) is 0. The van der Waals surface area contributed by atoms with Gasteiger partial charge in [-0.1, -0.05) is 12.1 Å². The van der Waals surface area contributed by atoms with Crippen molar-refractivity contribution in [3.05, 3.63) is 41.2 Å². The maximum absolute atomic E-state index is 12.5. The van der Waals surface area contributed by atoms with Gasteiger partial charge in [0, 0.05) is 47.8 Å². The molecular weight excluding hydrogens is 332 g/mol. The number of thioether (sulfide) groups is 1. The van der Waals surface area contributed by atoms with Crippen molar-refractivity contribution in [1.29, 1.82) is 0 Å². The van der Waals surface area contributed by atoms with Crippen LogP contribution in [0.15, 0.2) is 24.3 Å². The van der Waals surface area contributed by atoms with Crippen LogP contribution in [-0.2, 0) is 11.2 Å². The highest BCUT2D eigenvalue weighted by Gasteiger charge is 2.19. The normalized spacial score (nSPS) is 15.2. The van der Waals surface area contributed by atoms with Gasteiger partial charge in [0.25, 0.3) is 0 Å². The molecule has 3 aromatic rings. The number of rotatable bonds is 3. The SMILES string of the molecule is Cc1nc2c3ccccc3nn2c(C)c1CCC(=O)N1CCSCC1. The van der Waals surface area contributed by atoms with Crippen LogP contribution in [0.25, 0.3) is 16.6 Å². The molecule has 1 aromatic carbocycles. The molecule has 0 aliphatic carbocycles. The monoisotopic (exact) mass is 354 g/mol. The number of hydrogen-bond acceptors (Lipinski definition) is 4. The average molecular weight is 354 g/mol. The largest absolute Gasteiger partial charge is 0.341 e. The van der Waals surface area contributed by atoms with Crippen LogP contribution >= 0.6 is 11.8 Å². The van der Waals surface area contributed by atoms with Gasteiger partial charge in [0.2, 0.25) is 5.91 Å². The summed E-state index contributed by atoms with van der Waals surface area (Å²) in [6.07, 6.45) is 1.26. The lowest BCUT2D eigenvalue weighted by Crippen LogP contribution is -2.38. The summed E-state index contributed by atoms with van der Waals surface area (Å²) in [6, 6.07) is 8.07. The van der Waals surface area contributed by atoms with Gasteiger partial charge in [0.05, 0.1) is 5.52 Å². The molecule has 0 N–H and O–H groups in total. The topological polar surface area (TPSA) is 50.5 Å². The minimum absolute atomic E-state index is 0.254. The molecule has 4 rings (SSSR count). The molecule has 1 saturated heterocycles. The molecule has 130 valence electrons. The Morgan fingerprint density at radius 2 is 1.96 bits per heavy atom. The number of benzene rings is 1. The highest BCUT2D eigenvalue weighted by molar-refractivity contribution is 7.99. The van der Waals surface area contributed by atoms with Crippen LogP contribution in [0.1, 0.15) is 23.4 Å². The number of carbonyl (C=O) groups excluding carboxylic acids is 1. The molecule has 3 heterocycles. The Morgan fingerprint density at radius 3 is 2.76 bits per heavy atom. The average Bonchev–Trinajstić information content (AvgIpc) is 3.01. The number of aryl methyl sites for hydroxylation is 2. The molecule has 6 heteroatoms. The van der Waals surface area contributed by atoms with Gasteiger partial charge in [0.1, 0.15) is 0 Å². The number of fused-ring (bicyclic) bond motifs is 3. The van der Waals surface area contributed by atoms with Crippen LogP contribution < -0.4 is 0 Å². The van der Waals surface area contributed by atoms with Crippen molar-refractivity contribution in [3.8, 4) is 0 Å². The van der Waals surface area contributed by atoms with E-state index in [4.69, 9.17) is 4.98 Å². The Bertz CT molecular complexity index is 943. The van der Waals surface area contributed by atoms with Gasteiger partial charge in [0.15, 0.2) is 5.65 Å². The standard InChI is InChI=1S/C19H22N4OS/c1-13-15(7-8-18(24)22-9-11-25-12-10-22)14(2)23-19(20-13)16-5-3-4-6-17(16)21-23/h3-6H,7-12H2,1-2H3. The van der Waals surface area contributed by atoms with E-state index in [9.17, 15) is 4.79 Å². The van der Waals surface area contributed by atoms with Gasteiger partial charge in [-0.3, -0.25) is 4.79 Å². The first-order chi connectivity index (χ1) is 12.1. The van der Waals surface area contributed by atoms with Crippen molar-refractivity contribution < 1.29 is 4.79 Å². The van der Waals surface area contributed by atoms with Crippen LogP contribution in [0.2, 0.25) is 0 Å². The Labute approximate surface area is 151 Å². The smallest absolute Gasteiger partial charge is 0.222 e. The molecule has 0 radical (unpaired) electrons. The van der Waals surface area contributed by atoms with Crippen molar-refractivity contribution in [2.45, 2.75) is 26.7 Å². The molecular formula is C19H22N4OS. The zero-order valence-corrected chi connectivity index (χ0v) is 15.5. The zero-order chi connectivity index (χ0) is 17.4. The third-order valence-corrected chi connectivity index (χ3v) is 5.91. The Kier molecular flexibility index (Phi) is 4.37. The van der Waals surface area contributed by atoms with Crippen LogP contribution in [0.5, 0.6) is 0 Å². The molecule has 0 bridgehead atoms. The third-order valence-electron chi connectivity index (χ3n) is 4.97. The summed E-state index contributed by atoms with van der Waals surface area (Å²) in [5, 5.41) is 5.76. The van der Waals surface area contributed by atoms with Gasteiger partial charge in [-0.25, -0.2) is 9.50 Å². The third kappa shape index (κ3) is 2.99. The molecule has 0 unspecified atom stereocenters. The molecule has 0 spiro atoms. The second kappa shape index (κ2) is 6.67. The zero-order valence-electron chi connectivity index (χ0n) is 14.7. The number of hydrogen-bond donors (Lipinski definition) is 0. The van der Waals surface area contributed by atoms with Gasteiger partial charge in [-0.05, 0) is 38.0 Å². The lowest BCUT2D eigenvalue weighted by molar-refractivity contribution is -0.130. The second-order valence-electron chi connectivity index (χ2n) is 6.51. The lowest BCUT2D eigenvalue weighted by Gasteiger charge is -2.26. The van der Waals surface area contributed by atoms with E-state index in [-0.39, 0.29) is 5.91 Å². The van der Waals surface area contributed by atoms with Crippen molar-refractivity contribution in [1.82, 2.24) is 19.5 Å². The number of nitrogens with zero attached hydrogens (tertiary/aromatic N) is 4. The summed E-state index contributed by atoms with van der Waals surface area (Å²) >= 11 is 1.92. The summed E-state index contributed by atoms with van der Waals surface area (Å²) in [5.41, 5.74) is 5.07. The fourth-order valence-corrected chi connectivity index (χ4v) is 4.44. The van der Waals surface area contributed by atoms with Crippen molar-refractivity contribution in [2.24, 2.45) is 0 Å². The van der Waals surface area contributed by atoms with Crippen molar-refractivity contribution >= 4 is 34.2 Å². The summed E-state index contributed by atoms with van der Waals surface area (Å²) in [5.74, 6) is 2.36. The molecule has 0 atom stereocenters. The molecule has 0 saturated carbocycles. The van der Waals surface area contributed by atoms with Gasteiger partial charge < -0.3 is 4.90 Å². The fourth-order valence-electron chi connectivity index (χ4n) is 3.54. The Morgan fingerprint density at radius 1 is 1.20 bits per heavy atom. The van der Waals surface area contributed by atoms with Crippen LogP contribution in [0.4, 0.5) is 0 Å². The fraction of sp³-hybridized carbons (Fsp3) is 0.421. The van der Waals surface area contributed by atoms with Crippen LogP contribution in [0, 0.1) is 13.8 Å². The molecule has 1 aliphatic heterocycles. The molecule has 1 aliphatic rings. The lowest BCUT2D eigenvalue weighted by atomic mass is 10.1. The van der Waals surface area contributed by atoms with E-state index in [2.05, 4.69) is 18.1 Å². The van der Waals surface area contributed by atoms with Crippen molar-refractivity contribution in [2.75, 3.05) is 24.6 Å². The van der Waals surface area contributed by atoms with E-state index in [1.54, 1.807) is 0 Å². The van der Waals surface area contributed by atoms with E-state index >= 15 is 0 Å². The predicted molar refractivity (Wildman–Crippen MR) is 102 cm³/mol. The first-order valence-corrected chi connectivity index (χ1v) is 9.89. The molecule has 5 nitrogen and oxygen atoms in total. The molecule has 1 amide bonds.